The fraction of sp³-hybridized carbons (Fsp3) is 0.571. The van der Waals surface area contributed by atoms with Gasteiger partial charge in [0, 0.05) is 45.5 Å². The number of pyridine rings is 1. The molecule has 3 unspecified atom stereocenters. The first-order chi connectivity index (χ1) is 17.1. The number of aromatic nitrogens is 1. The van der Waals surface area contributed by atoms with E-state index in [0.29, 0.717) is 50.8 Å². The van der Waals surface area contributed by atoms with E-state index in [-0.39, 0.29) is 6.03 Å². The third-order valence-electron chi connectivity index (χ3n) is 8.25. The summed E-state index contributed by atoms with van der Waals surface area (Å²) >= 11 is 0. The first-order valence-corrected chi connectivity index (χ1v) is 13.2. The molecule has 1 aromatic heterocycles. The molecule has 2 aromatic rings. The number of carbonyl (C=O) groups excluding carboxylic acids is 1. The van der Waals surface area contributed by atoms with E-state index >= 15 is 0 Å². The molecular weight excluding hydrogens is 440 g/mol. The standard InChI is InChI=1S/C28H36N4O3/c33-25(18-30-10-9-20-3-1-2-4-22(20)16-30)19-32-12-11-31(28(32)34)17-24-6-5-21(15-29-24)23-13-26-7-8-27(14-23)35-26/h1-6,15,23,25-27,33H,7-14,16-19H2. The number of rotatable bonds is 7. The molecule has 3 fully saturated rings. The number of carbonyl (C=O) groups is 1. The molecule has 186 valence electrons. The van der Waals surface area contributed by atoms with Gasteiger partial charge in [-0.2, -0.15) is 0 Å². The van der Waals surface area contributed by atoms with E-state index in [9.17, 15) is 9.90 Å². The Kier molecular flexibility index (Phi) is 6.48. The van der Waals surface area contributed by atoms with Crippen LogP contribution in [0.2, 0.25) is 0 Å². The molecule has 7 heteroatoms. The molecule has 4 aliphatic heterocycles. The lowest BCUT2D eigenvalue weighted by molar-refractivity contribution is -0.00384. The van der Waals surface area contributed by atoms with Crippen LogP contribution in [0.1, 0.15) is 54.0 Å². The van der Waals surface area contributed by atoms with Crippen LogP contribution in [0.15, 0.2) is 42.6 Å². The number of benzene rings is 1. The van der Waals surface area contributed by atoms with E-state index in [4.69, 9.17) is 9.72 Å². The summed E-state index contributed by atoms with van der Waals surface area (Å²) in [4.78, 5) is 23.6. The van der Waals surface area contributed by atoms with Crippen LogP contribution in [-0.4, -0.2) is 81.9 Å². The second-order valence-corrected chi connectivity index (χ2v) is 10.8. The second kappa shape index (κ2) is 9.88. The van der Waals surface area contributed by atoms with Crippen molar-refractivity contribution >= 4 is 6.03 Å². The molecule has 0 saturated carbocycles. The zero-order valence-corrected chi connectivity index (χ0v) is 20.4. The minimum absolute atomic E-state index is 0.0000733. The lowest BCUT2D eigenvalue weighted by Crippen LogP contribution is -2.43. The van der Waals surface area contributed by atoms with E-state index in [1.54, 1.807) is 4.90 Å². The maximum atomic E-state index is 13.0. The Morgan fingerprint density at radius 1 is 0.971 bits per heavy atom. The van der Waals surface area contributed by atoms with Crippen LogP contribution in [0.5, 0.6) is 0 Å². The van der Waals surface area contributed by atoms with Gasteiger partial charge in [-0.1, -0.05) is 30.3 Å². The number of hydrogen-bond donors (Lipinski definition) is 1. The highest BCUT2D eigenvalue weighted by Crippen LogP contribution is 2.40. The van der Waals surface area contributed by atoms with Gasteiger partial charge in [0.05, 0.1) is 30.6 Å². The maximum Gasteiger partial charge on any atom is 0.320 e. The third-order valence-corrected chi connectivity index (χ3v) is 8.25. The molecule has 35 heavy (non-hydrogen) atoms. The third kappa shape index (κ3) is 5.08. The van der Waals surface area contributed by atoms with Gasteiger partial charge >= 0.3 is 6.03 Å². The topological polar surface area (TPSA) is 69.1 Å². The van der Waals surface area contributed by atoms with Crippen molar-refractivity contribution < 1.29 is 14.6 Å². The molecule has 7 nitrogen and oxygen atoms in total. The molecule has 2 bridgehead atoms. The van der Waals surface area contributed by atoms with Crippen LogP contribution < -0.4 is 0 Å². The molecule has 3 atom stereocenters. The summed E-state index contributed by atoms with van der Waals surface area (Å²) in [7, 11) is 0. The lowest BCUT2D eigenvalue weighted by Gasteiger charge is -2.31. The highest BCUT2D eigenvalue weighted by Gasteiger charge is 2.36. The zero-order valence-electron chi connectivity index (χ0n) is 20.4. The SMILES string of the molecule is O=C1N(Cc2ccc(C3CC4CCC(C3)O4)cn2)CCN1CC(O)CN1CCc2ccccc2C1. The number of aliphatic hydroxyl groups is 1. The van der Waals surface area contributed by atoms with Crippen molar-refractivity contribution in [3.63, 3.8) is 0 Å². The quantitative estimate of drug-likeness (QED) is 0.665. The lowest BCUT2D eigenvalue weighted by atomic mass is 9.89. The normalized spacial score (nSPS) is 27.3. The average molecular weight is 477 g/mol. The summed E-state index contributed by atoms with van der Waals surface area (Å²) in [5, 5.41) is 10.7. The summed E-state index contributed by atoms with van der Waals surface area (Å²) in [6, 6.07) is 12.8. The van der Waals surface area contributed by atoms with Gasteiger partial charge < -0.3 is 19.6 Å². The van der Waals surface area contributed by atoms with Gasteiger partial charge in [-0.3, -0.25) is 9.88 Å². The molecule has 3 saturated heterocycles. The first kappa shape index (κ1) is 23.0. The summed E-state index contributed by atoms with van der Waals surface area (Å²) in [5.41, 5.74) is 4.97. The van der Waals surface area contributed by atoms with Crippen molar-refractivity contribution in [1.29, 1.82) is 0 Å². The summed E-state index contributed by atoms with van der Waals surface area (Å²) in [6.07, 6.45) is 7.91. The second-order valence-electron chi connectivity index (χ2n) is 10.8. The van der Waals surface area contributed by atoms with Gasteiger partial charge in [0.2, 0.25) is 0 Å². The van der Waals surface area contributed by atoms with E-state index in [1.807, 2.05) is 11.1 Å². The van der Waals surface area contributed by atoms with Gasteiger partial charge in [-0.05, 0) is 60.8 Å². The van der Waals surface area contributed by atoms with Crippen LogP contribution in [0, 0.1) is 0 Å². The fourth-order valence-corrected chi connectivity index (χ4v) is 6.37. The minimum Gasteiger partial charge on any atom is -0.390 e. The molecular formula is C28H36N4O3. The van der Waals surface area contributed by atoms with Crippen molar-refractivity contribution in [2.24, 2.45) is 0 Å². The summed E-state index contributed by atoms with van der Waals surface area (Å²) < 4.78 is 5.98. The number of hydrogen-bond acceptors (Lipinski definition) is 5. The van der Waals surface area contributed by atoms with Gasteiger partial charge in [-0.15, -0.1) is 0 Å². The van der Waals surface area contributed by atoms with Crippen molar-refractivity contribution in [2.45, 2.75) is 69.4 Å². The summed E-state index contributed by atoms with van der Waals surface area (Å²) in [5.74, 6) is 0.543. The number of amides is 2. The smallest absolute Gasteiger partial charge is 0.320 e. The number of nitrogens with zero attached hydrogens (tertiary/aromatic N) is 4. The Labute approximate surface area is 207 Å². The average Bonchev–Trinajstić information content (AvgIpc) is 3.39. The molecule has 0 radical (unpaired) electrons. The molecule has 4 aliphatic rings. The van der Waals surface area contributed by atoms with E-state index < -0.39 is 6.10 Å². The molecule has 1 N–H and O–H groups in total. The minimum atomic E-state index is -0.545. The number of urea groups is 1. The Morgan fingerprint density at radius 3 is 2.51 bits per heavy atom. The number of β-amino-alcohol motifs (C(OH)–C–C–N with tert-alkyl or cyclic N) is 1. The molecule has 6 rings (SSSR count). The van der Waals surface area contributed by atoms with Crippen molar-refractivity contribution in [1.82, 2.24) is 19.7 Å². The number of ether oxygens (including phenoxy) is 1. The Morgan fingerprint density at radius 2 is 1.74 bits per heavy atom. The fourth-order valence-electron chi connectivity index (χ4n) is 6.37. The number of fused-ring (bicyclic) bond motifs is 3. The first-order valence-electron chi connectivity index (χ1n) is 13.2. The highest BCUT2D eigenvalue weighted by atomic mass is 16.5. The number of aliphatic hydroxyl groups excluding tert-OH is 1. The van der Waals surface area contributed by atoms with Crippen molar-refractivity contribution in [2.75, 3.05) is 32.7 Å². The zero-order chi connectivity index (χ0) is 23.8. The Hall–Kier alpha value is -2.48. The van der Waals surface area contributed by atoms with E-state index in [1.165, 1.54) is 29.5 Å². The monoisotopic (exact) mass is 476 g/mol. The van der Waals surface area contributed by atoms with Crippen LogP contribution >= 0.6 is 0 Å². The predicted molar refractivity (Wildman–Crippen MR) is 133 cm³/mol. The van der Waals surface area contributed by atoms with Crippen LogP contribution in [-0.2, 0) is 24.2 Å². The van der Waals surface area contributed by atoms with Crippen LogP contribution in [0.4, 0.5) is 4.79 Å². The predicted octanol–water partition coefficient (Wildman–Crippen LogP) is 3.16. The van der Waals surface area contributed by atoms with Crippen molar-refractivity contribution in [3.05, 3.63) is 65.0 Å². The van der Waals surface area contributed by atoms with Gasteiger partial charge in [0.25, 0.3) is 0 Å². The maximum absolute atomic E-state index is 13.0. The summed E-state index contributed by atoms with van der Waals surface area (Å²) in [6.45, 7) is 4.64. The Bertz CT molecular complexity index is 1030. The molecule has 0 aliphatic carbocycles. The van der Waals surface area contributed by atoms with E-state index in [0.717, 1.165) is 38.0 Å². The molecule has 0 spiro atoms. The van der Waals surface area contributed by atoms with Crippen LogP contribution in [0.3, 0.4) is 0 Å². The molecule has 1 aromatic carbocycles. The van der Waals surface area contributed by atoms with Gasteiger partial charge in [0.1, 0.15) is 0 Å². The van der Waals surface area contributed by atoms with E-state index in [2.05, 4.69) is 41.3 Å². The largest absolute Gasteiger partial charge is 0.390 e. The Balaban J connectivity index is 0.987. The van der Waals surface area contributed by atoms with Crippen LogP contribution in [0.25, 0.3) is 0 Å². The van der Waals surface area contributed by atoms with Crippen molar-refractivity contribution in [3.8, 4) is 0 Å². The highest BCUT2D eigenvalue weighted by molar-refractivity contribution is 5.76. The molecule has 2 amide bonds. The van der Waals surface area contributed by atoms with Gasteiger partial charge in [0.15, 0.2) is 0 Å². The molecule has 5 heterocycles. The van der Waals surface area contributed by atoms with Gasteiger partial charge in [-0.25, -0.2) is 4.79 Å².